The molecule has 0 aromatic heterocycles. The highest BCUT2D eigenvalue weighted by Crippen LogP contribution is 2.41. The van der Waals surface area contributed by atoms with Crippen molar-refractivity contribution in [1.82, 2.24) is 0 Å². The summed E-state index contributed by atoms with van der Waals surface area (Å²) < 4.78 is 7.33. The Kier molecular flexibility index (Phi) is 5.96. The molecule has 0 aliphatic rings. The Morgan fingerprint density at radius 2 is 1.85 bits per heavy atom. The lowest BCUT2D eigenvalue weighted by Crippen LogP contribution is -2.10. The number of benzene rings is 2. The van der Waals surface area contributed by atoms with Crippen molar-refractivity contribution < 1.29 is 4.74 Å². The molecule has 2 aromatic rings. The van der Waals surface area contributed by atoms with E-state index in [-0.39, 0.29) is 5.25 Å². The van der Waals surface area contributed by atoms with Gasteiger partial charge in [-0.1, -0.05) is 34.1 Å². The summed E-state index contributed by atoms with van der Waals surface area (Å²) in [6, 6.07) is 14.3. The predicted molar refractivity (Wildman–Crippen MR) is 92.5 cm³/mol. The van der Waals surface area contributed by atoms with Crippen molar-refractivity contribution in [2.45, 2.75) is 10.1 Å². The third kappa shape index (κ3) is 3.79. The number of hydrogen-bond acceptors (Lipinski definition) is 3. The van der Waals surface area contributed by atoms with E-state index < -0.39 is 0 Å². The Labute approximate surface area is 140 Å². The van der Waals surface area contributed by atoms with E-state index in [1.165, 1.54) is 4.90 Å². The fourth-order valence-electron chi connectivity index (χ4n) is 1.85. The molecule has 2 N–H and O–H groups in total. The summed E-state index contributed by atoms with van der Waals surface area (Å²) in [7, 11) is 1.67. The lowest BCUT2D eigenvalue weighted by atomic mass is 10.1. The van der Waals surface area contributed by atoms with Crippen LogP contribution in [0.25, 0.3) is 0 Å². The van der Waals surface area contributed by atoms with Crippen molar-refractivity contribution in [3.63, 3.8) is 0 Å². The molecule has 2 rings (SSSR count). The molecule has 0 saturated carbocycles. The lowest BCUT2D eigenvalue weighted by molar-refractivity contribution is 0.411. The number of nitrogens with two attached hydrogens (primary N) is 1. The second-order valence-electron chi connectivity index (χ2n) is 4.16. The molecule has 0 heterocycles. The van der Waals surface area contributed by atoms with Crippen molar-refractivity contribution in [1.29, 1.82) is 0 Å². The molecule has 0 spiro atoms. The molecular formula is C15H15Br2NOS. The van der Waals surface area contributed by atoms with E-state index >= 15 is 0 Å². The molecule has 2 nitrogen and oxygen atoms in total. The van der Waals surface area contributed by atoms with E-state index in [0.29, 0.717) is 6.54 Å². The van der Waals surface area contributed by atoms with Crippen LogP contribution >= 0.6 is 43.6 Å². The monoisotopic (exact) mass is 415 g/mol. The summed E-state index contributed by atoms with van der Waals surface area (Å²) in [5.41, 5.74) is 7.10. The molecule has 0 saturated heterocycles. The van der Waals surface area contributed by atoms with E-state index in [1.54, 1.807) is 18.9 Å². The smallest absolute Gasteiger partial charge is 0.133 e. The Morgan fingerprint density at radius 3 is 2.45 bits per heavy atom. The Balaban J connectivity index is 2.32. The Hall–Kier alpha value is -0.490. The highest BCUT2D eigenvalue weighted by atomic mass is 79.9. The summed E-state index contributed by atoms with van der Waals surface area (Å²) in [6.07, 6.45) is 0. The maximum atomic E-state index is 5.96. The molecule has 0 fully saturated rings. The molecule has 0 aliphatic carbocycles. The topological polar surface area (TPSA) is 35.2 Å². The van der Waals surface area contributed by atoms with Gasteiger partial charge in [0.05, 0.1) is 11.6 Å². The van der Waals surface area contributed by atoms with Crippen LogP contribution in [0.2, 0.25) is 0 Å². The average molecular weight is 417 g/mol. The molecule has 20 heavy (non-hydrogen) atoms. The van der Waals surface area contributed by atoms with Crippen LogP contribution in [0.15, 0.2) is 56.3 Å². The van der Waals surface area contributed by atoms with Gasteiger partial charge in [0.2, 0.25) is 0 Å². The van der Waals surface area contributed by atoms with Gasteiger partial charge in [-0.2, -0.15) is 0 Å². The number of hydrogen-bond donors (Lipinski definition) is 1. The summed E-state index contributed by atoms with van der Waals surface area (Å²) in [5.74, 6) is 0.815. The van der Waals surface area contributed by atoms with Crippen LogP contribution < -0.4 is 10.5 Å². The highest BCUT2D eigenvalue weighted by Gasteiger charge is 2.17. The number of thioether (sulfide) groups is 1. The van der Waals surface area contributed by atoms with Gasteiger partial charge >= 0.3 is 0 Å². The predicted octanol–water partition coefficient (Wildman–Crippen LogP) is 5.01. The molecule has 1 atom stereocenters. The van der Waals surface area contributed by atoms with Gasteiger partial charge in [-0.25, -0.2) is 0 Å². The third-order valence-electron chi connectivity index (χ3n) is 2.85. The quantitative estimate of drug-likeness (QED) is 0.695. The maximum Gasteiger partial charge on any atom is 0.133 e. The minimum atomic E-state index is 0.175. The second-order valence-corrected chi connectivity index (χ2v) is 7.15. The van der Waals surface area contributed by atoms with Crippen LogP contribution in [-0.2, 0) is 0 Å². The van der Waals surface area contributed by atoms with Crippen LogP contribution in [0.4, 0.5) is 0 Å². The van der Waals surface area contributed by atoms with Gasteiger partial charge in [0.1, 0.15) is 5.75 Å². The van der Waals surface area contributed by atoms with E-state index in [0.717, 1.165) is 20.3 Å². The minimum Gasteiger partial charge on any atom is -0.496 e. The SMILES string of the molecule is COc1cc(C(CN)Sc2ccccc2)c(Br)cc1Br. The Morgan fingerprint density at radius 1 is 1.15 bits per heavy atom. The number of ether oxygens (including phenoxy) is 1. The normalized spacial score (nSPS) is 12.2. The molecule has 0 bridgehead atoms. The van der Waals surface area contributed by atoms with Crippen molar-refractivity contribution in [2.75, 3.05) is 13.7 Å². The number of halogens is 2. The molecule has 0 radical (unpaired) electrons. The molecule has 1 unspecified atom stereocenters. The molecular weight excluding hydrogens is 402 g/mol. The van der Waals surface area contributed by atoms with Crippen molar-refractivity contribution in [3.05, 3.63) is 57.0 Å². The van der Waals surface area contributed by atoms with Gasteiger partial charge in [-0.05, 0) is 45.8 Å². The van der Waals surface area contributed by atoms with Gasteiger partial charge in [0.25, 0.3) is 0 Å². The summed E-state index contributed by atoms with van der Waals surface area (Å²) in [5, 5.41) is 0.175. The molecule has 2 aromatic carbocycles. The average Bonchev–Trinajstić information content (AvgIpc) is 2.46. The van der Waals surface area contributed by atoms with E-state index in [9.17, 15) is 0 Å². The Bertz CT molecular complexity index is 578. The summed E-state index contributed by atoms with van der Waals surface area (Å²) >= 11 is 8.85. The van der Waals surface area contributed by atoms with Crippen molar-refractivity contribution in [2.24, 2.45) is 5.73 Å². The molecule has 5 heteroatoms. The molecule has 0 aliphatic heterocycles. The number of rotatable bonds is 5. The largest absolute Gasteiger partial charge is 0.496 e. The zero-order valence-corrected chi connectivity index (χ0v) is 15.0. The summed E-state index contributed by atoms with van der Waals surface area (Å²) in [6.45, 7) is 0.558. The zero-order chi connectivity index (χ0) is 14.5. The van der Waals surface area contributed by atoms with Crippen LogP contribution in [0.5, 0.6) is 5.75 Å². The van der Waals surface area contributed by atoms with Gasteiger partial charge in [-0.15, -0.1) is 11.8 Å². The zero-order valence-electron chi connectivity index (χ0n) is 11.0. The van der Waals surface area contributed by atoms with Crippen LogP contribution in [0.1, 0.15) is 10.8 Å². The lowest BCUT2D eigenvalue weighted by Gasteiger charge is -2.18. The number of methoxy groups -OCH3 is 1. The standard InChI is InChI=1S/C15H15Br2NOS/c1-19-14-7-11(12(16)8-13(14)17)15(9-18)20-10-5-3-2-4-6-10/h2-8,15H,9,18H2,1H3. The first kappa shape index (κ1) is 15.9. The van der Waals surface area contributed by atoms with Crippen molar-refractivity contribution in [3.8, 4) is 5.75 Å². The molecule has 106 valence electrons. The van der Waals surface area contributed by atoms with Gasteiger partial charge in [0.15, 0.2) is 0 Å². The van der Waals surface area contributed by atoms with Crippen LogP contribution in [0, 0.1) is 0 Å². The maximum absolute atomic E-state index is 5.96. The van der Waals surface area contributed by atoms with Crippen LogP contribution in [-0.4, -0.2) is 13.7 Å². The van der Waals surface area contributed by atoms with E-state index in [4.69, 9.17) is 10.5 Å². The fourth-order valence-corrected chi connectivity index (χ4v) is 4.49. The van der Waals surface area contributed by atoms with Gasteiger partial charge in [0, 0.05) is 21.2 Å². The van der Waals surface area contributed by atoms with Gasteiger partial charge < -0.3 is 10.5 Å². The van der Waals surface area contributed by atoms with E-state index in [1.807, 2.05) is 30.3 Å². The first-order chi connectivity index (χ1) is 9.65. The van der Waals surface area contributed by atoms with E-state index in [2.05, 4.69) is 44.0 Å². The summed E-state index contributed by atoms with van der Waals surface area (Å²) in [4.78, 5) is 1.21. The first-order valence-corrected chi connectivity index (χ1v) is 8.57. The first-order valence-electron chi connectivity index (χ1n) is 6.10. The minimum absolute atomic E-state index is 0.175. The third-order valence-corrected chi connectivity index (χ3v) is 5.44. The van der Waals surface area contributed by atoms with Crippen molar-refractivity contribution >= 4 is 43.6 Å². The fraction of sp³-hybridized carbons (Fsp3) is 0.200. The second kappa shape index (κ2) is 7.50. The van der Waals surface area contributed by atoms with Gasteiger partial charge in [-0.3, -0.25) is 0 Å². The highest BCUT2D eigenvalue weighted by molar-refractivity contribution is 9.11. The van der Waals surface area contributed by atoms with Crippen LogP contribution in [0.3, 0.4) is 0 Å². The molecule has 0 amide bonds.